The van der Waals surface area contributed by atoms with Crippen LogP contribution >= 0.6 is 0 Å². The molecular formula is C20H19FN4O3. The van der Waals surface area contributed by atoms with Gasteiger partial charge < -0.3 is 14.8 Å². The Hall–Kier alpha value is -3.55. The van der Waals surface area contributed by atoms with Gasteiger partial charge in [0.2, 0.25) is 5.95 Å². The van der Waals surface area contributed by atoms with Crippen LogP contribution in [0.1, 0.15) is 16.1 Å². The number of hydrogen-bond donors (Lipinski definition) is 1. The maximum Gasteiger partial charge on any atom is 0.271 e. The molecular weight excluding hydrogens is 363 g/mol. The van der Waals surface area contributed by atoms with Gasteiger partial charge in [0.1, 0.15) is 17.2 Å². The average molecular weight is 382 g/mol. The highest BCUT2D eigenvalue weighted by Gasteiger charge is 2.11. The maximum atomic E-state index is 13.7. The first-order valence-corrected chi connectivity index (χ1v) is 8.54. The molecule has 0 spiro atoms. The van der Waals surface area contributed by atoms with Crippen LogP contribution in [0.3, 0.4) is 0 Å². The van der Waals surface area contributed by atoms with E-state index in [0.717, 1.165) is 11.3 Å². The van der Waals surface area contributed by atoms with E-state index in [2.05, 4.69) is 20.3 Å². The summed E-state index contributed by atoms with van der Waals surface area (Å²) in [7, 11) is 3.07. The van der Waals surface area contributed by atoms with Crippen LogP contribution in [0.4, 0.5) is 4.39 Å². The third-order valence-electron chi connectivity index (χ3n) is 4.06. The molecule has 7 nitrogen and oxygen atoms in total. The lowest BCUT2D eigenvalue weighted by Crippen LogP contribution is -2.27. The molecule has 1 N–H and O–H groups in total. The molecule has 0 atom stereocenters. The number of benzene rings is 1. The number of ether oxygens (including phenoxy) is 2. The predicted octanol–water partition coefficient (Wildman–Crippen LogP) is 2.67. The Labute approximate surface area is 161 Å². The fourth-order valence-corrected chi connectivity index (χ4v) is 2.54. The second-order valence-corrected chi connectivity index (χ2v) is 5.85. The van der Waals surface area contributed by atoms with Crippen molar-refractivity contribution in [1.82, 2.24) is 20.3 Å². The Balaban J connectivity index is 1.64. The van der Waals surface area contributed by atoms with Gasteiger partial charge >= 0.3 is 0 Å². The van der Waals surface area contributed by atoms with Gasteiger partial charge in [-0.2, -0.15) is 4.39 Å². The fraction of sp³-hybridized carbons (Fsp3) is 0.200. The van der Waals surface area contributed by atoms with Gasteiger partial charge in [0.05, 0.1) is 38.5 Å². The number of carbonyl (C=O) groups excluding carboxylic acids is 1. The zero-order valence-corrected chi connectivity index (χ0v) is 15.5. The molecule has 8 heteroatoms. The second kappa shape index (κ2) is 8.90. The van der Waals surface area contributed by atoms with E-state index < -0.39 is 5.95 Å². The molecule has 0 aliphatic heterocycles. The van der Waals surface area contributed by atoms with Crippen molar-refractivity contribution in [2.45, 2.75) is 6.42 Å². The summed E-state index contributed by atoms with van der Waals surface area (Å²) in [5.41, 5.74) is 1.92. The lowest BCUT2D eigenvalue weighted by atomic mass is 10.1. The van der Waals surface area contributed by atoms with Crippen molar-refractivity contribution in [2.75, 3.05) is 20.8 Å². The number of pyridine rings is 1. The summed E-state index contributed by atoms with van der Waals surface area (Å²) in [5, 5.41) is 2.71. The van der Waals surface area contributed by atoms with E-state index in [9.17, 15) is 9.18 Å². The number of nitrogens with zero attached hydrogens (tertiary/aromatic N) is 3. The summed E-state index contributed by atoms with van der Waals surface area (Å²) in [5.74, 6) is 0.209. The molecule has 1 amide bonds. The lowest BCUT2D eigenvalue weighted by Gasteiger charge is -2.08. The fourth-order valence-electron chi connectivity index (χ4n) is 2.54. The number of carbonyl (C=O) groups is 1. The number of nitrogens with one attached hydrogen (secondary N) is 1. The number of halogens is 1. The quantitative estimate of drug-likeness (QED) is 0.633. The minimum atomic E-state index is -0.587. The average Bonchev–Trinajstić information content (AvgIpc) is 2.75. The third-order valence-corrected chi connectivity index (χ3v) is 4.06. The summed E-state index contributed by atoms with van der Waals surface area (Å²) < 4.78 is 23.9. The van der Waals surface area contributed by atoms with Gasteiger partial charge in [-0.05, 0) is 36.8 Å². The lowest BCUT2D eigenvalue weighted by molar-refractivity contribution is 0.0948. The van der Waals surface area contributed by atoms with E-state index in [1.165, 1.54) is 19.5 Å². The van der Waals surface area contributed by atoms with Crippen LogP contribution in [0.5, 0.6) is 11.5 Å². The number of methoxy groups -OCH3 is 2. The molecule has 0 saturated heterocycles. The summed E-state index contributed by atoms with van der Waals surface area (Å²) in [6.45, 7) is 0.221. The van der Waals surface area contributed by atoms with Gasteiger partial charge in [-0.3, -0.25) is 9.78 Å². The maximum absolute atomic E-state index is 13.7. The topological polar surface area (TPSA) is 86.2 Å². The SMILES string of the molecule is COc1ccc(-c2cncc(C(=O)NCCc3cc(OC)cnc3F)n2)cc1. The van der Waals surface area contributed by atoms with Crippen molar-refractivity contribution in [3.8, 4) is 22.8 Å². The zero-order valence-electron chi connectivity index (χ0n) is 15.5. The molecule has 2 heterocycles. The molecule has 2 aromatic heterocycles. The Morgan fingerprint density at radius 3 is 2.54 bits per heavy atom. The van der Waals surface area contributed by atoms with Crippen molar-refractivity contribution in [3.63, 3.8) is 0 Å². The number of amides is 1. The molecule has 0 radical (unpaired) electrons. The van der Waals surface area contributed by atoms with E-state index in [-0.39, 0.29) is 24.6 Å². The molecule has 3 aromatic rings. The summed E-state index contributed by atoms with van der Waals surface area (Å²) in [4.78, 5) is 24.4. The first kappa shape index (κ1) is 19.2. The van der Waals surface area contributed by atoms with Crippen LogP contribution in [0.15, 0.2) is 48.9 Å². The first-order valence-electron chi connectivity index (χ1n) is 8.54. The molecule has 0 aliphatic rings. The minimum Gasteiger partial charge on any atom is -0.497 e. The summed E-state index contributed by atoms with van der Waals surface area (Å²) in [6, 6.07) is 8.84. The molecule has 0 fully saturated rings. The highest BCUT2D eigenvalue weighted by atomic mass is 19.1. The molecule has 28 heavy (non-hydrogen) atoms. The van der Waals surface area contributed by atoms with Crippen LogP contribution < -0.4 is 14.8 Å². The number of hydrogen-bond acceptors (Lipinski definition) is 6. The van der Waals surface area contributed by atoms with Crippen molar-refractivity contribution < 1.29 is 18.7 Å². The van der Waals surface area contributed by atoms with Crippen molar-refractivity contribution in [2.24, 2.45) is 0 Å². The van der Waals surface area contributed by atoms with Gasteiger partial charge in [-0.25, -0.2) is 9.97 Å². The summed E-state index contributed by atoms with van der Waals surface area (Å²) >= 11 is 0. The van der Waals surface area contributed by atoms with E-state index in [4.69, 9.17) is 9.47 Å². The van der Waals surface area contributed by atoms with Gasteiger partial charge in [0, 0.05) is 17.7 Å². The van der Waals surface area contributed by atoms with E-state index in [1.807, 2.05) is 12.1 Å². The number of aromatic nitrogens is 3. The predicted molar refractivity (Wildman–Crippen MR) is 101 cm³/mol. The highest BCUT2D eigenvalue weighted by molar-refractivity contribution is 5.92. The molecule has 0 saturated carbocycles. The van der Waals surface area contributed by atoms with E-state index in [0.29, 0.717) is 17.0 Å². The van der Waals surface area contributed by atoms with Gasteiger partial charge in [-0.15, -0.1) is 0 Å². The third kappa shape index (κ3) is 4.59. The summed E-state index contributed by atoms with van der Waals surface area (Å²) in [6.07, 6.45) is 4.54. The smallest absolute Gasteiger partial charge is 0.271 e. The Morgan fingerprint density at radius 2 is 1.82 bits per heavy atom. The molecule has 0 aliphatic carbocycles. The zero-order chi connectivity index (χ0) is 19.9. The van der Waals surface area contributed by atoms with Crippen LogP contribution in [-0.4, -0.2) is 41.6 Å². The van der Waals surface area contributed by atoms with Gasteiger partial charge in [0.25, 0.3) is 5.91 Å². The van der Waals surface area contributed by atoms with Crippen molar-refractivity contribution in [1.29, 1.82) is 0 Å². The molecule has 0 bridgehead atoms. The standard InChI is InChI=1S/C20H19FN4O3/c1-27-15-5-3-13(4-6-15)17-11-22-12-18(25-17)20(26)23-8-7-14-9-16(28-2)10-24-19(14)21/h3-6,9-12H,7-8H2,1-2H3,(H,23,26). The number of rotatable bonds is 7. The van der Waals surface area contributed by atoms with Gasteiger partial charge in [-0.1, -0.05) is 0 Å². The molecule has 0 unspecified atom stereocenters. The largest absolute Gasteiger partial charge is 0.497 e. The monoisotopic (exact) mass is 382 g/mol. The van der Waals surface area contributed by atoms with Crippen LogP contribution in [0, 0.1) is 5.95 Å². The van der Waals surface area contributed by atoms with Crippen LogP contribution in [0.2, 0.25) is 0 Å². The molecule has 3 rings (SSSR count). The molecule has 144 valence electrons. The second-order valence-electron chi connectivity index (χ2n) is 5.85. The van der Waals surface area contributed by atoms with Crippen LogP contribution in [-0.2, 0) is 6.42 Å². The Kier molecular flexibility index (Phi) is 6.11. The van der Waals surface area contributed by atoms with Crippen LogP contribution in [0.25, 0.3) is 11.3 Å². The highest BCUT2D eigenvalue weighted by Crippen LogP contribution is 2.20. The van der Waals surface area contributed by atoms with Crippen molar-refractivity contribution >= 4 is 5.91 Å². The van der Waals surface area contributed by atoms with Crippen molar-refractivity contribution in [3.05, 3.63) is 66.1 Å². The molecule has 1 aromatic carbocycles. The Bertz CT molecular complexity index is 964. The Morgan fingerprint density at radius 1 is 1.07 bits per heavy atom. The van der Waals surface area contributed by atoms with Gasteiger partial charge in [0.15, 0.2) is 0 Å². The van der Waals surface area contributed by atoms with E-state index in [1.54, 1.807) is 31.5 Å². The van der Waals surface area contributed by atoms with E-state index >= 15 is 0 Å². The minimum absolute atomic E-state index is 0.178. The first-order chi connectivity index (χ1) is 13.6. The normalized spacial score (nSPS) is 10.4.